The molecule has 0 saturated heterocycles. The van der Waals surface area contributed by atoms with E-state index in [0.717, 1.165) is 75.1 Å². The number of aryl methyl sites for hydroxylation is 6. The van der Waals surface area contributed by atoms with Crippen LogP contribution in [0, 0.1) is 52.1 Å². The van der Waals surface area contributed by atoms with Gasteiger partial charge < -0.3 is 30.2 Å². The Hall–Kier alpha value is -10.9. The lowest BCUT2D eigenvalue weighted by Crippen LogP contribution is -2.33. The summed E-state index contributed by atoms with van der Waals surface area (Å²) in [6.45, 7) is 16.3. The van der Waals surface area contributed by atoms with Gasteiger partial charge in [-0.3, -0.25) is 14.4 Å². The summed E-state index contributed by atoms with van der Waals surface area (Å²) in [5.74, 6) is -7.18. The van der Waals surface area contributed by atoms with Gasteiger partial charge in [0.25, 0.3) is 17.8 Å². The Bertz CT molecular complexity index is 5160. The standard InChI is InChI=1S/2C26H25ClF3N5O2.C25H24ClF2N5O2/c1-14-8-19(25-31-13-32-35(25)4)17-6-5-7-22(24(17)33-14)37-12-20-18(9-16(28)10-21(20)27)15(2)34-23(36)11-26(3,29)30;1-14-8-22(35-16(3)31-13-32-35)18-6-5-7-23(25(18)33-14)37-12-20-19(9-17(28)10-21(20)27)15(2)34-24(36)11-26(4,29)30;1-13-8-22(33-16(4)29-12-30-33)18-6-5-7-23(24(18)31-13)35-11-20-19(9-17(28)10-21(20)26)15(3)32-25(34)14(2)27/h2*5-10,13,15H,11-12H2,1-4H3,(H,34,36);5-10,12,14-15H,11H2,1-4H3,(H,32,34)/t2*15-;14?,15-/m000/s1. The minimum Gasteiger partial charge on any atom is -0.487 e. The Morgan fingerprint density at radius 3 is 1.17 bits per heavy atom. The number of hydrogen-bond acceptors (Lipinski definition) is 15. The fraction of sp³-hybridized carbons (Fsp3) is 0.299. The van der Waals surface area contributed by atoms with Crippen LogP contribution in [-0.4, -0.2) is 95.0 Å². The van der Waals surface area contributed by atoms with Crippen molar-refractivity contribution in [2.24, 2.45) is 7.05 Å². The normalized spacial score (nSPS) is 12.7. The van der Waals surface area contributed by atoms with E-state index in [2.05, 4.69) is 61.2 Å². The van der Waals surface area contributed by atoms with Crippen molar-refractivity contribution < 1.29 is 63.7 Å². The summed E-state index contributed by atoms with van der Waals surface area (Å²) in [7, 11) is 1.80. The van der Waals surface area contributed by atoms with Crippen LogP contribution in [0.15, 0.2) is 128 Å². The largest absolute Gasteiger partial charge is 0.487 e. The third kappa shape index (κ3) is 19.9. The molecule has 0 bridgehead atoms. The van der Waals surface area contributed by atoms with Crippen LogP contribution in [-0.2, 0) is 41.3 Å². The number of nitrogens with zero attached hydrogens (tertiary/aromatic N) is 12. The van der Waals surface area contributed by atoms with Crippen molar-refractivity contribution in [1.29, 1.82) is 0 Å². The highest BCUT2D eigenvalue weighted by Gasteiger charge is 2.30. The first-order chi connectivity index (χ1) is 51.5. The molecule has 12 rings (SSSR count). The molecule has 570 valence electrons. The number of rotatable bonds is 23. The highest BCUT2D eigenvalue weighted by Crippen LogP contribution is 2.38. The van der Waals surface area contributed by atoms with E-state index in [1.54, 1.807) is 60.1 Å². The summed E-state index contributed by atoms with van der Waals surface area (Å²) in [6.07, 6.45) is 0.753. The molecule has 6 aromatic heterocycles. The third-order valence-electron chi connectivity index (χ3n) is 17.1. The van der Waals surface area contributed by atoms with Crippen molar-refractivity contribution in [3.05, 3.63) is 223 Å². The average Bonchev–Trinajstić information content (AvgIpc) is 1.75. The Morgan fingerprint density at radius 1 is 0.486 bits per heavy atom. The second-order valence-corrected chi connectivity index (χ2v) is 27.4. The first-order valence-corrected chi connectivity index (χ1v) is 35.0. The molecule has 6 aromatic carbocycles. The van der Waals surface area contributed by atoms with Gasteiger partial charge in [-0.25, -0.2) is 79.1 Å². The number of amides is 3. The molecule has 4 atom stereocenters. The fourth-order valence-corrected chi connectivity index (χ4v) is 13.0. The van der Waals surface area contributed by atoms with Gasteiger partial charge in [0.2, 0.25) is 11.8 Å². The zero-order chi connectivity index (χ0) is 79.1. The molecule has 0 aliphatic heterocycles. The monoisotopic (exact) mass is 1560 g/mol. The molecular formula is C77H74Cl3F8N15O6. The number of fused-ring (bicyclic) bond motifs is 3. The molecule has 3 amide bonds. The first kappa shape index (κ1) is 80.6. The summed E-state index contributed by atoms with van der Waals surface area (Å²) < 4.78 is 132. The number of carbonyl (C=O) groups excluding carboxylic acids is 3. The molecule has 12 aromatic rings. The van der Waals surface area contributed by atoms with Crippen LogP contribution < -0.4 is 30.2 Å². The van der Waals surface area contributed by atoms with Crippen LogP contribution in [0.3, 0.4) is 0 Å². The fourth-order valence-electron chi connectivity index (χ4n) is 12.2. The van der Waals surface area contributed by atoms with Gasteiger partial charge in [0.15, 0.2) is 12.0 Å². The summed E-state index contributed by atoms with van der Waals surface area (Å²) in [5.41, 5.74) is 8.79. The van der Waals surface area contributed by atoms with Crippen LogP contribution >= 0.6 is 34.8 Å². The van der Waals surface area contributed by atoms with Crippen molar-refractivity contribution in [3.8, 4) is 40.0 Å². The third-order valence-corrected chi connectivity index (χ3v) is 18.1. The molecule has 3 N–H and O–H groups in total. The van der Waals surface area contributed by atoms with Gasteiger partial charge in [-0.15, -0.1) is 0 Å². The number of hydrogen-bond donors (Lipinski definition) is 3. The van der Waals surface area contributed by atoms with Crippen LogP contribution in [0.2, 0.25) is 15.1 Å². The van der Waals surface area contributed by atoms with Gasteiger partial charge in [0.05, 0.1) is 57.4 Å². The number of carbonyl (C=O) groups is 3. The number of pyridine rings is 3. The van der Waals surface area contributed by atoms with Crippen molar-refractivity contribution in [2.45, 2.75) is 145 Å². The Labute approximate surface area is 635 Å². The highest BCUT2D eigenvalue weighted by atomic mass is 35.5. The number of nitrogens with one attached hydrogen (secondary N) is 3. The van der Waals surface area contributed by atoms with Crippen molar-refractivity contribution in [3.63, 3.8) is 0 Å². The molecule has 109 heavy (non-hydrogen) atoms. The van der Waals surface area contributed by atoms with Gasteiger partial charge in [-0.2, -0.15) is 15.3 Å². The van der Waals surface area contributed by atoms with E-state index in [1.165, 1.54) is 43.2 Å². The van der Waals surface area contributed by atoms with Crippen molar-refractivity contribution >= 4 is 85.2 Å². The van der Waals surface area contributed by atoms with Gasteiger partial charge in [-0.1, -0.05) is 71.2 Å². The second kappa shape index (κ2) is 34.1. The second-order valence-electron chi connectivity index (χ2n) is 26.1. The summed E-state index contributed by atoms with van der Waals surface area (Å²) in [5, 5.41) is 22.9. The van der Waals surface area contributed by atoms with Gasteiger partial charge in [-0.05, 0) is 166 Å². The van der Waals surface area contributed by atoms with E-state index in [4.69, 9.17) is 49.0 Å². The van der Waals surface area contributed by atoms with Crippen LogP contribution in [0.5, 0.6) is 17.2 Å². The number of para-hydroxylation sites is 3. The summed E-state index contributed by atoms with van der Waals surface area (Å²) >= 11 is 19.1. The Kier molecular flexibility index (Phi) is 25.2. The lowest BCUT2D eigenvalue weighted by molar-refractivity contribution is -0.129. The molecule has 21 nitrogen and oxygen atoms in total. The maximum atomic E-state index is 14.2. The molecule has 0 aliphatic rings. The maximum Gasteiger partial charge on any atom is 0.254 e. The number of aromatic nitrogens is 12. The minimum atomic E-state index is -3.17. The minimum absolute atomic E-state index is 0.0216. The summed E-state index contributed by atoms with van der Waals surface area (Å²) in [4.78, 5) is 62.7. The smallest absolute Gasteiger partial charge is 0.254 e. The number of halogens is 11. The van der Waals surface area contributed by atoms with Crippen LogP contribution in [0.25, 0.3) is 55.5 Å². The van der Waals surface area contributed by atoms with Crippen LogP contribution in [0.4, 0.5) is 35.1 Å². The van der Waals surface area contributed by atoms with E-state index >= 15 is 0 Å². The molecule has 0 aliphatic carbocycles. The maximum absolute atomic E-state index is 14.2. The molecular weight excluding hydrogens is 1490 g/mol. The number of alkyl halides is 5. The lowest BCUT2D eigenvalue weighted by atomic mass is 10.0. The topological polar surface area (TPSA) is 246 Å². The van der Waals surface area contributed by atoms with Gasteiger partial charge in [0, 0.05) is 62.5 Å². The predicted molar refractivity (Wildman–Crippen MR) is 397 cm³/mol. The van der Waals surface area contributed by atoms with Crippen molar-refractivity contribution in [1.82, 2.24) is 75.2 Å². The highest BCUT2D eigenvalue weighted by molar-refractivity contribution is 6.32. The van der Waals surface area contributed by atoms with Gasteiger partial charge in [0.1, 0.15) is 102 Å². The van der Waals surface area contributed by atoms with E-state index in [-0.39, 0.29) is 34.9 Å². The van der Waals surface area contributed by atoms with Crippen LogP contribution in [0.1, 0.15) is 135 Å². The predicted octanol–water partition coefficient (Wildman–Crippen LogP) is 17.3. The molecule has 0 saturated carbocycles. The molecule has 0 radical (unpaired) electrons. The summed E-state index contributed by atoms with van der Waals surface area (Å²) in [6, 6.07) is 27.0. The Morgan fingerprint density at radius 2 is 0.835 bits per heavy atom. The van der Waals surface area contributed by atoms with E-state index in [0.29, 0.717) is 92.7 Å². The molecule has 1 unspecified atom stereocenters. The average molecular weight is 1560 g/mol. The zero-order valence-corrected chi connectivity index (χ0v) is 63.2. The zero-order valence-electron chi connectivity index (χ0n) is 60.9. The van der Waals surface area contributed by atoms with Crippen molar-refractivity contribution in [2.75, 3.05) is 0 Å². The quantitative estimate of drug-likeness (QED) is 0.0504. The number of benzene rings is 6. The molecule has 0 spiro atoms. The van der Waals surface area contributed by atoms with Gasteiger partial charge >= 0.3 is 0 Å². The SMILES string of the molecule is Cc1cc(-c2ncnn2C)c2cccc(OCc3c(Cl)cc(F)cc3[C@H](C)NC(=O)CC(C)(F)F)c2n1.Cc1cc(-n2ncnc2C)c2cccc(OCc3c(Cl)cc(F)cc3[C@H](C)NC(=O)C(C)F)c2n1.Cc1cc(-n2ncnc2C)c2cccc(OCc3c(Cl)cc(F)cc3[C@H](C)NC(=O)CC(C)(F)F)c2n1. The Balaban J connectivity index is 0.000000174. The van der Waals surface area contributed by atoms with E-state index in [9.17, 15) is 49.5 Å². The number of ether oxygens (including phenoxy) is 3. The van der Waals surface area contributed by atoms with E-state index < -0.39 is 84.2 Å². The lowest BCUT2D eigenvalue weighted by Gasteiger charge is -2.21. The molecule has 0 fully saturated rings. The first-order valence-electron chi connectivity index (χ1n) is 33.9. The molecule has 32 heteroatoms. The molecule has 6 heterocycles. The van der Waals surface area contributed by atoms with E-state index in [1.807, 2.05) is 89.2 Å².